The molecular weight excluding hydrogens is 258 g/mol. The van der Waals surface area contributed by atoms with Crippen LogP contribution < -0.4 is 5.32 Å². The van der Waals surface area contributed by atoms with Crippen LogP contribution in [0.5, 0.6) is 0 Å². The highest BCUT2D eigenvalue weighted by Gasteiger charge is 2.09. The standard InChI is InChI=1S/C11H10ClN3OS/c1-7-4-17-5-8(7)2-13-11-9(3-16)10(12)14-6-15-11/h3-6H,2H2,1H3,(H,13,14,15). The van der Waals surface area contributed by atoms with E-state index < -0.39 is 0 Å². The summed E-state index contributed by atoms with van der Waals surface area (Å²) in [6.45, 7) is 2.66. The third kappa shape index (κ3) is 2.62. The van der Waals surface area contributed by atoms with Gasteiger partial charge in [0.25, 0.3) is 0 Å². The second kappa shape index (κ2) is 5.25. The fourth-order valence-corrected chi connectivity index (χ4v) is 2.40. The van der Waals surface area contributed by atoms with Crippen molar-refractivity contribution in [3.63, 3.8) is 0 Å². The van der Waals surface area contributed by atoms with Crippen molar-refractivity contribution in [2.24, 2.45) is 0 Å². The van der Waals surface area contributed by atoms with Gasteiger partial charge < -0.3 is 5.32 Å². The van der Waals surface area contributed by atoms with Crippen LogP contribution in [0.3, 0.4) is 0 Å². The molecule has 2 aromatic rings. The van der Waals surface area contributed by atoms with Crippen molar-refractivity contribution < 1.29 is 4.79 Å². The number of rotatable bonds is 4. The summed E-state index contributed by atoms with van der Waals surface area (Å²) in [5.74, 6) is 0.464. The molecule has 1 N–H and O–H groups in total. The molecule has 0 unspecified atom stereocenters. The lowest BCUT2D eigenvalue weighted by atomic mass is 10.2. The van der Waals surface area contributed by atoms with Gasteiger partial charge in [0.05, 0.1) is 5.56 Å². The average Bonchev–Trinajstić information content (AvgIpc) is 2.72. The number of aldehydes is 1. The summed E-state index contributed by atoms with van der Waals surface area (Å²) in [6, 6.07) is 0. The fraction of sp³-hybridized carbons (Fsp3) is 0.182. The van der Waals surface area contributed by atoms with Crippen LogP contribution in [0.15, 0.2) is 17.1 Å². The topological polar surface area (TPSA) is 54.9 Å². The number of nitrogens with one attached hydrogen (secondary N) is 1. The van der Waals surface area contributed by atoms with Crippen LogP contribution in [-0.2, 0) is 6.54 Å². The Kier molecular flexibility index (Phi) is 3.71. The maximum absolute atomic E-state index is 10.9. The normalized spacial score (nSPS) is 10.2. The summed E-state index contributed by atoms with van der Waals surface area (Å²) in [4.78, 5) is 18.6. The van der Waals surface area contributed by atoms with Gasteiger partial charge in [0.15, 0.2) is 6.29 Å². The molecule has 17 heavy (non-hydrogen) atoms. The minimum atomic E-state index is 0.166. The van der Waals surface area contributed by atoms with Gasteiger partial charge >= 0.3 is 0 Å². The number of carbonyl (C=O) groups excluding carboxylic acids is 1. The van der Waals surface area contributed by atoms with E-state index in [0.29, 0.717) is 24.2 Å². The Morgan fingerprint density at radius 2 is 2.29 bits per heavy atom. The van der Waals surface area contributed by atoms with Crippen molar-refractivity contribution in [3.05, 3.63) is 38.9 Å². The number of nitrogens with zero attached hydrogens (tertiary/aromatic N) is 2. The number of hydrogen-bond acceptors (Lipinski definition) is 5. The van der Waals surface area contributed by atoms with E-state index >= 15 is 0 Å². The van der Waals surface area contributed by atoms with Gasteiger partial charge in [0.2, 0.25) is 0 Å². The molecule has 6 heteroatoms. The van der Waals surface area contributed by atoms with Crippen LogP contribution in [0.1, 0.15) is 21.5 Å². The number of anilines is 1. The predicted octanol–water partition coefficient (Wildman–Crippen LogP) is 2.92. The second-order valence-corrected chi connectivity index (χ2v) is 4.58. The van der Waals surface area contributed by atoms with Crippen LogP contribution in [0.25, 0.3) is 0 Å². The van der Waals surface area contributed by atoms with Crippen molar-refractivity contribution in [1.29, 1.82) is 0 Å². The molecule has 0 radical (unpaired) electrons. The highest BCUT2D eigenvalue weighted by Crippen LogP contribution is 2.19. The molecule has 0 saturated carbocycles. The molecule has 0 amide bonds. The summed E-state index contributed by atoms with van der Waals surface area (Å²) in [5.41, 5.74) is 2.69. The Morgan fingerprint density at radius 1 is 1.47 bits per heavy atom. The van der Waals surface area contributed by atoms with Crippen molar-refractivity contribution >= 4 is 35.0 Å². The zero-order valence-corrected chi connectivity index (χ0v) is 10.7. The van der Waals surface area contributed by atoms with Crippen LogP contribution in [0, 0.1) is 6.92 Å². The van der Waals surface area contributed by atoms with Crippen LogP contribution in [0.4, 0.5) is 5.82 Å². The molecule has 0 saturated heterocycles. The highest BCUT2D eigenvalue weighted by molar-refractivity contribution is 7.08. The van der Waals surface area contributed by atoms with Gasteiger partial charge in [-0.25, -0.2) is 9.97 Å². The molecule has 0 atom stereocenters. The summed E-state index contributed by atoms with van der Waals surface area (Å²) >= 11 is 7.45. The van der Waals surface area contributed by atoms with Gasteiger partial charge in [-0.15, -0.1) is 0 Å². The van der Waals surface area contributed by atoms with Gasteiger partial charge in [0.1, 0.15) is 17.3 Å². The third-order valence-electron chi connectivity index (χ3n) is 2.36. The predicted molar refractivity (Wildman–Crippen MR) is 68.8 cm³/mol. The molecule has 4 nitrogen and oxygen atoms in total. The van der Waals surface area contributed by atoms with E-state index in [4.69, 9.17) is 11.6 Å². The molecule has 0 bridgehead atoms. The smallest absolute Gasteiger partial charge is 0.156 e. The van der Waals surface area contributed by atoms with Crippen LogP contribution in [0.2, 0.25) is 5.15 Å². The molecule has 0 aliphatic heterocycles. The molecule has 0 fully saturated rings. The van der Waals surface area contributed by atoms with E-state index in [0.717, 1.165) is 0 Å². The number of hydrogen-bond donors (Lipinski definition) is 1. The first kappa shape index (κ1) is 12.0. The summed E-state index contributed by atoms with van der Waals surface area (Å²) in [5, 5.41) is 7.39. The molecule has 0 spiro atoms. The summed E-state index contributed by atoms with van der Waals surface area (Å²) in [7, 11) is 0. The Hall–Kier alpha value is -1.46. The van der Waals surface area contributed by atoms with Gasteiger partial charge in [0, 0.05) is 6.54 Å². The minimum Gasteiger partial charge on any atom is -0.365 e. The van der Waals surface area contributed by atoms with E-state index in [1.165, 1.54) is 17.5 Å². The first-order valence-corrected chi connectivity index (χ1v) is 6.25. The van der Waals surface area contributed by atoms with Crippen molar-refractivity contribution in [3.8, 4) is 0 Å². The molecule has 0 aliphatic rings. The zero-order chi connectivity index (χ0) is 12.3. The Balaban J connectivity index is 2.17. The van der Waals surface area contributed by atoms with E-state index in [-0.39, 0.29) is 5.15 Å². The van der Waals surface area contributed by atoms with E-state index in [2.05, 4.69) is 26.0 Å². The van der Waals surface area contributed by atoms with Crippen LogP contribution in [-0.4, -0.2) is 16.3 Å². The van der Waals surface area contributed by atoms with Gasteiger partial charge in [-0.2, -0.15) is 11.3 Å². The molecule has 0 aliphatic carbocycles. The number of aryl methyl sites for hydroxylation is 1. The van der Waals surface area contributed by atoms with Crippen LogP contribution >= 0.6 is 22.9 Å². The average molecular weight is 268 g/mol. The van der Waals surface area contributed by atoms with Crippen molar-refractivity contribution in [1.82, 2.24) is 9.97 Å². The van der Waals surface area contributed by atoms with Gasteiger partial charge in [-0.05, 0) is 28.8 Å². The Labute approximate surface area is 108 Å². The second-order valence-electron chi connectivity index (χ2n) is 3.48. The molecule has 2 aromatic heterocycles. The lowest BCUT2D eigenvalue weighted by Gasteiger charge is -2.07. The van der Waals surface area contributed by atoms with Crippen molar-refractivity contribution in [2.75, 3.05) is 5.32 Å². The van der Waals surface area contributed by atoms with Crippen molar-refractivity contribution in [2.45, 2.75) is 13.5 Å². The lowest BCUT2D eigenvalue weighted by Crippen LogP contribution is -2.05. The number of carbonyl (C=O) groups is 1. The van der Waals surface area contributed by atoms with Gasteiger partial charge in [-0.3, -0.25) is 4.79 Å². The minimum absolute atomic E-state index is 0.166. The fourth-order valence-electron chi connectivity index (χ4n) is 1.37. The quantitative estimate of drug-likeness (QED) is 0.684. The number of aromatic nitrogens is 2. The van der Waals surface area contributed by atoms with E-state index in [1.807, 2.05) is 6.92 Å². The maximum atomic E-state index is 10.9. The molecular formula is C11H10ClN3OS. The number of halogens is 1. The molecule has 0 aromatic carbocycles. The lowest BCUT2D eigenvalue weighted by molar-refractivity contribution is 0.112. The first-order valence-electron chi connectivity index (χ1n) is 4.93. The number of thiophene rings is 1. The summed E-state index contributed by atoms with van der Waals surface area (Å²) < 4.78 is 0. The largest absolute Gasteiger partial charge is 0.365 e. The van der Waals surface area contributed by atoms with Gasteiger partial charge in [-0.1, -0.05) is 11.6 Å². The zero-order valence-electron chi connectivity index (χ0n) is 9.11. The Morgan fingerprint density at radius 3 is 2.94 bits per heavy atom. The molecule has 2 heterocycles. The SMILES string of the molecule is Cc1cscc1CNc1ncnc(Cl)c1C=O. The highest BCUT2D eigenvalue weighted by atomic mass is 35.5. The van der Waals surface area contributed by atoms with E-state index in [1.54, 1.807) is 11.3 Å². The first-order chi connectivity index (χ1) is 8.22. The Bertz CT molecular complexity index is 541. The maximum Gasteiger partial charge on any atom is 0.156 e. The molecule has 88 valence electrons. The summed E-state index contributed by atoms with van der Waals surface area (Å²) in [6.07, 6.45) is 1.99. The third-order valence-corrected chi connectivity index (χ3v) is 3.57. The monoisotopic (exact) mass is 267 g/mol. The van der Waals surface area contributed by atoms with E-state index in [9.17, 15) is 4.79 Å². The molecule has 2 rings (SSSR count).